The van der Waals surface area contributed by atoms with Gasteiger partial charge < -0.3 is 24.6 Å². The minimum Gasteiger partial charge on any atom is -0.507 e. The standard InChI is InChI=1S/C32H39NO7/c1-32(2,3)40-31(37)33-25(18-22-14-16-24(17-15-22)38-20-23-12-8-5-9-13-23)28(34)27-29(35)26(39-30(27)36)19-21-10-6-4-7-11-21/h5,8-9,12-17,21,25-26,35H,4,6-7,10-11,18-20H2,1-3H3,(H,33,37). The number of amides is 1. The highest BCUT2D eigenvalue weighted by Crippen LogP contribution is 2.33. The minimum absolute atomic E-state index is 0.0778. The van der Waals surface area contributed by atoms with E-state index in [-0.39, 0.29) is 12.2 Å². The van der Waals surface area contributed by atoms with E-state index < -0.39 is 41.2 Å². The van der Waals surface area contributed by atoms with Crippen LogP contribution in [0.1, 0.15) is 70.4 Å². The number of nitrogens with one attached hydrogen (secondary N) is 1. The summed E-state index contributed by atoms with van der Waals surface area (Å²) in [6, 6.07) is 15.8. The maximum atomic E-state index is 13.6. The molecule has 8 nitrogen and oxygen atoms in total. The number of cyclic esters (lactones) is 1. The van der Waals surface area contributed by atoms with E-state index in [0.717, 1.165) is 36.8 Å². The minimum atomic E-state index is -1.15. The fourth-order valence-corrected chi connectivity index (χ4v) is 5.15. The van der Waals surface area contributed by atoms with Crippen molar-refractivity contribution in [1.29, 1.82) is 0 Å². The van der Waals surface area contributed by atoms with Crippen LogP contribution >= 0.6 is 0 Å². The summed E-state index contributed by atoms with van der Waals surface area (Å²) in [5, 5.41) is 13.5. The Morgan fingerprint density at radius 2 is 1.68 bits per heavy atom. The lowest BCUT2D eigenvalue weighted by Gasteiger charge is -2.23. The number of esters is 1. The Kier molecular flexibility index (Phi) is 9.50. The molecular weight excluding hydrogens is 510 g/mol. The fourth-order valence-electron chi connectivity index (χ4n) is 5.15. The zero-order valence-corrected chi connectivity index (χ0v) is 23.5. The van der Waals surface area contributed by atoms with Gasteiger partial charge in [-0.05, 0) is 56.4 Å². The molecule has 1 fully saturated rings. The number of rotatable bonds is 10. The van der Waals surface area contributed by atoms with E-state index in [9.17, 15) is 19.5 Å². The summed E-state index contributed by atoms with van der Waals surface area (Å²) < 4.78 is 16.6. The number of Topliss-reactive ketones (excluding diaryl/α,β-unsaturated/α-hetero) is 1. The van der Waals surface area contributed by atoms with Crippen LogP contribution < -0.4 is 10.1 Å². The Balaban J connectivity index is 1.48. The Hall–Kier alpha value is -3.81. The second-order valence-corrected chi connectivity index (χ2v) is 11.6. The van der Waals surface area contributed by atoms with E-state index in [2.05, 4.69) is 5.32 Å². The highest BCUT2D eigenvalue weighted by molar-refractivity contribution is 6.21. The molecule has 2 atom stereocenters. The van der Waals surface area contributed by atoms with Crippen LogP contribution in [0.4, 0.5) is 4.79 Å². The molecule has 2 unspecified atom stereocenters. The highest BCUT2D eigenvalue weighted by atomic mass is 16.6. The maximum Gasteiger partial charge on any atom is 0.408 e. The molecular formula is C32H39NO7. The van der Waals surface area contributed by atoms with Crippen molar-refractivity contribution >= 4 is 17.8 Å². The molecule has 0 bridgehead atoms. The SMILES string of the molecule is CC(C)(C)OC(=O)NC(Cc1ccc(OCc2ccccc2)cc1)C(=O)C1=C(O)C(CC2CCCCC2)OC1=O. The molecule has 0 saturated heterocycles. The predicted octanol–water partition coefficient (Wildman–Crippen LogP) is 5.98. The van der Waals surface area contributed by atoms with Gasteiger partial charge in [-0.1, -0.05) is 74.6 Å². The topological polar surface area (TPSA) is 111 Å². The van der Waals surface area contributed by atoms with Gasteiger partial charge in [0, 0.05) is 6.42 Å². The number of hydrogen-bond acceptors (Lipinski definition) is 7. The summed E-state index contributed by atoms with van der Waals surface area (Å²) in [4.78, 5) is 39.0. The molecule has 0 aromatic heterocycles. The summed E-state index contributed by atoms with van der Waals surface area (Å²) in [5.41, 5.74) is 0.585. The van der Waals surface area contributed by atoms with Crippen LogP contribution in [0.5, 0.6) is 5.75 Å². The van der Waals surface area contributed by atoms with E-state index in [1.165, 1.54) is 6.42 Å². The van der Waals surface area contributed by atoms with E-state index >= 15 is 0 Å². The summed E-state index contributed by atoms with van der Waals surface area (Å²) in [7, 11) is 0. The molecule has 4 rings (SSSR count). The molecule has 2 aliphatic rings. The molecule has 2 aromatic rings. The smallest absolute Gasteiger partial charge is 0.408 e. The number of aliphatic hydroxyl groups is 1. The van der Waals surface area contributed by atoms with E-state index in [1.807, 2.05) is 30.3 Å². The molecule has 1 aliphatic heterocycles. The molecule has 40 heavy (non-hydrogen) atoms. The van der Waals surface area contributed by atoms with Gasteiger partial charge in [-0.25, -0.2) is 9.59 Å². The van der Waals surface area contributed by atoms with Crippen molar-refractivity contribution in [2.24, 2.45) is 5.92 Å². The molecule has 1 aliphatic carbocycles. The average molecular weight is 550 g/mol. The Morgan fingerprint density at radius 1 is 1.00 bits per heavy atom. The van der Waals surface area contributed by atoms with Gasteiger partial charge in [0.05, 0.1) is 6.04 Å². The van der Waals surface area contributed by atoms with Crippen molar-refractivity contribution in [3.63, 3.8) is 0 Å². The first kappa shape index (κ1) is 29.2. The van der Waals surface area contributed by atoms with Crippen LogP contribution in [0, 0.1) is 5.92 Å². The molecule has 1 heterocycles. The Bertz CT molecular complexity index is 1210. The third-order valence-electron chi connectivity index (χ3n) is 7.15. The van der Waals surface area contributed by atoms with Crippen molar-refractivity contribution in [3.8, 4) is 5.75 Å². The van der Waals surface area contributed by atoms with Gasteiger partial charge in [0.15, 0.2) is 17.6 Å². The maximum absolute atomic E-state index is 13.6. The van der Waals surface area contributed by atoms with Crippen LogP contribution in [0.25, 0.3) is 0 Å². The normalized spacial score (nSPS) is 18.7. The number of hydrogen-bond donors (Lipinski definition) is 2. The lowest BCUT2D eigenvalue weighted by atomic mass is 9.85. The first-order valence-electron chi connectivity index (χ1n) is 14.0. The number of ether oxygens (including phenoxy) is 3. The predicted molar refractivity (Wildman–Crippen MR) is 150 cm³/mol. The van der Waals surface area contributed by atoms with Crippen molar-refractivity contribution in [2.45, 2.75) is 90.1 Å². The van der Waals surface area contributed by atoms with Gasteiger partial charge in [-0.2, -0.15) is 0 Å². The molecule has 8 heteroatoms. The number of ketones is 1. The number of benzene rings is 2. The first-order chi connectivity index (χ1) is 19.1. The average Bonchev–Trinajstić information content (AvgIpc) is 3.19. The van der Waals surface area contributed by atoms with Crippen molar-refractivity contribution < 1.29 is 33.7 Å². The van der Waals surface area contributed by atoms with E-state index in [0.29, 0.717) is 24.7 Å². The zero-order valence-electron chi connectivity index (χ0n) is 23.5. The van der Waals surface area contributed by atoms with Gasteiger partial charge in [0.1, 0.15) is 23.5 Å². The van der Waals surface area contributed by atoms with E-state index in [4.69, 9.17) is 14.2 Å². The molecule has 214 valence electrons. The highest BCUT2D eigenvalue weighted by Gasteiger charge is 2.42. The molecule has 0 spiro atoms. The molecule has 1 saturated carbocycles. The lowest BCUT2D eigenvalue weighted by molar-refractivity contribution is -0.142. The molecule has 2 aromatic carbocycles. The quantitative estimate of drug-likeness (QED) is 0.277. The van der Waals surface area contributed by atoms with Gasteiger partial charge in [0.25, 0.3) is 0 Å². The monoisotopic (exact) mass is 549 g/mol. The molecule has 0 radical (unpaired) electrons. The largest absolute Gasteiger partial charge is 0.507 e. The lowest BCUT2D eigenvalue weighted by Crippen LogP contribution is -2.46. The van der Waals surface area contributed by atoms with Crippen LogP contribution in [-0.2, 0) is 32.1 Å². The number of aliphatic hydroxyl groups excluding tert-OH is 1. The Labute approximate surface area is 235 Å². The van der Waals surface area contributed by atoms with Crippen molar-refractivity contribution in [2.75, 3.05) is 0 Å². The van der Waals surface area contributed by atoms with Gasteiger partial charge >= 0.3 is 12.1 Å². The second-order valence-electron chi connectivity index (χ2n) is 11.6. The van der Waals surface area contributed by atoms with Crippen LogP contribution in [0.2, 0.25) is 0 Å². The van der Waals surface area contributed by atoms with E-state index in [1.54, 1.807) is 45.0 Å². The number of carbonyl (C=O) groups excluding carboxylic acids is 3. The van der Waals surface area contributed by atoms with Gasteiger partial charge in [-0.15, -0.1) is 0 Å². The molecule has 1 amide bonds. The van der Waals surface area contributed by atoms with Crippen LogP contribution in [-0.4, -0.2) is 40.7 Å². The molecule has 2 N–H and O–H groups in total. The zero-order chi connectivity index (χ0) is 28.7. The summed E-state index contributed by atoms with van der Waals surface area (Å²) >= 11 is 0. The summed E-state index contributed by atoms with van der Waals surface area (Å²) in [5.74, 6) is -0.920. The third kappa shape index (κ3) is 8.10. The van der Waals surface area contributed by atoms with Crippen LogP contribution in [0.15, 0.2) is 65.9 Å². The van der Waals surface area contributed by atoms with Gasteiger partial charge in [0.2, 0.25) is 0 Å². The van der Waals surface area contributed by atoms with Crippen molar-refractivity contribution in [3.05, 3.63) is 77.1 Å². The fraction of sp³-hybridized carbons (Fsp3) is 0.469. The third-order valence-corrected chi connectivity index (χ3v) is 7.15. The van der Waals surface area contributed by atoms with Gasteiger partial charge in [-0.3, -0.25) is 4.79 Å². The first-order valence-corrected chi connectivity index (χ1v) is 14.0. The second kappa shape index (κ2) is 13.0. The summed E-state index contributed by atoms with van der Waals surface area (Å²) in [6.45, 7) is 5.57. The summed E-state index contributed by atoms with van der Waals surface area (Å²) in [6.07, 6.45) is 4.37. The Morgan fingerprint density at radius 3 is 2.33 bits per heavy atom. The van der Waals surface area contributed by atoms with Crippen molar-refractivity contribution in [1.82, 2.24) is 5.32 Å². The number of carbonyl (C=O) groups is 3. The number of alkyl carbamates (subject to hydrolysis) is 1. The van der Waals surface area contributed by atoms with Crippen LogP contribution in [0.3, 0.4) is 0 Å².